The minimum Gasteiger partial charge on any atom is -0.460 e. The molecule has 2 aliphatic heterocycles. The van der Waals surface area contributed by atoms with Crippen molar-refractivity contribution in [2.45, 2.75) is 13.8 Å². The summed E-state index contributed by atoms with van der Waals surface area (Å²) in [7, 11) is 0. The standard InChI is InChI=1S/C30H40O10/c1-29(19-37-20-29)17-35-9-7-33-11-13-39-27(31)25-5-3-24-16-26(6-4-23(24)15-25)28(32)40-14-12-34-8-10-36-18-30(2)21-38-22-30/h3-6,15-16H,7-14,17-22H2,1-2H3. The summed E-state index contributed by atoms with van der Waals surface area (Å²) in [5.41, 5.74) is 1.10. The third-order valence-corrected chi connectivity index (χ3v) is 6.68. The summed E-state index contributed by atoms with van der Waals surface area (Å²) < 4.78 is 43.2. The first-order chi connectivity index (χ1) is 19.4. The van der Waals surface area contributed by atoms with Gasteiger partial charge < -0.3 is 37.9 Å². The highest BCUT2D eigenvalue weighted by Gasteiger charge is 2.34. The van der Waals surface area contributed by atoms with Crippen molar-refractivity contribution in [3.8, 4) is 0 Å². The number of rotatable bonds is 18. The molecule has 40 heavy (non-hydrogen) atoms. The van der Waals surface area contributed by atoms with Crippen LogP contribution in [0.5, 0.6) is 0 Å². The van der Waals surface area contributed by atoms with Crippen LogP contribution in [-0.2, 0) is 37.9 Å². The number of esters is 2. The Labute approximate surface area is 235 Å². The van der Waals surface area contributed by atoms with Crippen LogP contribution in [-0.4, -0.2) is 104 Å². The van der Waals surface area contributed by atoms with Crippen molar-refractivity contribution in [3.05, 3.63) is 47.5 Å². The number of carbonyl (C=O) groups excluding carboxylic acids is 2. The van der Waals surface area contributed by atoms with Crippen LogP contribution in [0.2, 0.25) is 0 Å². The van der Waals surface area contributed by atoms with E-state index < -0.39 is 11.9 Å². The second-order valence-electron chi connectivity index (χ2n) is 11.0. The molecule has 220 valence electrons. The number of fused-ring (bicyclic) bond motifs is 1. The predicted molar refractivity (Wildman–Crippen MR) is 146 cm³/mol. The van der Waals surface area contributed by atoms with E-state index in [1.807, 2.05) is 0 Å². The van der Waals surface area contributed by atoms with Crippen molar-refractivity contribution in [2.75, 3.05) is 92.5 Å². The van der Waals surface area contributed by atoms with Gasteiger partial charge in [0.1, 0.15) is 13.2 Å². The summed E-state index contributed by atoms with van der Waals surface area (Å²) in [6, 6.07) is 10.4. The van der Waals surface area contributed by atoms with E-state index in [9.17, 15) is 9.59 Å². The fraction of sp³-hybridized carbons (Fsp3) is 0.600. The van der Waals surface area contributed by atoms with E-state index in [1.165, 1.54) is 0 Å². The van der Waals surface area contributed by atoms with Crippen molar-refractivity contribution in [3.63, 3.8) is 0 Å². The number of hydrogen-bond acceptors (Lipinski definition) is 10. The number of hydrogen-bond donors (Lipinski definition) is 0. The Hall–Kier alpha value is -2.60. The molecule has 0 aliphatic carbocycles. The lowest BCUT2D eigenvalue weighted by Gasteiger charge is -2.37. The minimum atomic E-state index is -0.431. The van der Waals surface area contributed by atoms with Crippen molar-refractivity contribution < 1.29 is 47.5 Å². The maximum Gasteiger partial charge on any atom is 0.338 e. The van der Waals surface area contributed by atoms with E-state index in [0.29, 0.717) is 64.0 Å². The zero-order valence-corrected chi connectivity index (χ0v) is 23.4. The van der Waals surface area contributed by atoms with E-state index in [0.717, 1.165) is 37.2 Å². The van der Waals surface area contributed by atoms with Gasteiger partial charge in [-0.15, -0.1) is 0 Å². The Kier molecular flexibility index (Phi) is 11.3. The van der Waals surface area contributed by atoms with Crippen LogP contribution in [0.1, 0.15) is 34.6 Å². The highest BCUT2D eigenvalue weighted by molar-refractivity contribution is 5.99. The molecule has 10 nitrogen and oxygen atoms in total. The summed E-state index contributed by atoms with van der Waals surface area (Å²) >= 11 is 0. The first-order valence-corrected chi connectivity index (χ1v) is 13.7. The van der Waals surface area contributed by atoms with Crippen LogP contribution in [0.3, 0.4) is 0 Å². The Bertz CT molecular complexity index is 1020. The summed E-state index contributed by atoms with van der Waals surface area (Å²) in [5, 5.41) is 1.63. The van der Waals surface area contributed by atoms with Gasteiger partial charge in [0.2, 0.25) is 0 Å². The van der Waals surface area contributed by atoms with Crippen LogP contribution in [0.25, 0.3) is 10.8 Å². The largest absolute Gasteiger partial charge is 0.460 e. The smallest absolute Gasteiger partial charge is 0.338 e. The van der Waals surface area contributed by atoms with Crippen LogP contribution >= 0.6 is 0 Å². The summed E-state index contributed by atoms with van der Waals surface area (Å²) in [6.07, 6.45) is 0. The van der Waals surface area contributed by atoms with Crippen LogP contribution in [0.4, 0.5) is 0 Å². The van der Waals surface area contributed by atoms with Gasteiger partial charge in [0.25, 0.3) is 0 Å². The molecule has 0 N–H and O–H groups in total. The monoisotopic (exact) mass is 560 g/mol. The summed E-state index contributed by atoms with van der Waals surface area (Å²) in [4.78, 5) is 24.9. The van der Waals surface area contributed by atoms with Crippen molar-refractivity contribution in [2.24, 2.45) is 10.8 Å². The van der Waals surface area contributed by atoms with Gasteiger partial charge in [0, 0.05) is 10.8 Å². The fourth-order valence-electron chi connectivity index (χ4n) is 4.20. The third-order valence-electron chi connectivity index (χ3n) is 6.68. The molecule has 0 aromatic heterocycles. The van der Waals surface area contributed by atoms with E-state index in [2.05, 4.69) is 13.8 Å². The molecule has 2 fully saturated rings. The predicted octanol–water partition coefficient (Wildman–Crippen LogP) is 3.29. The zero-order valence-electron chi connectivity index (χ0n) is 23.4. The van der Waals surface area contributed by atoms with E-state index in [4.69, 9.17) is 37.9 Å². The highest BCUT2D eigenvalue weighted by atomic mass is 16.6. The van der Waals surface area contributed by atoms with Crippen molar-refractivity contribution >= 4 is 22.7 Å². The number of benzene rings is 2. The van der Waals surface area contributed by atoms with Crippen molar-refractivity contribution in [1.82, 2.24) is 0 Å². The third kappa shape index (κ3) is 9.22. The molecule has 0 saturated carbocycles. The Balaban J connectivity index is 1.08. The lowest BCUT2D eigenvalue weighted by atomic mass is 9.90. The number of ether oxygens (including phenoxy) is 8. The van der Waals surface area contributed by atoms with Crippen molar-refractivity contribution in [1.29, 1.82) is 0 Å². The normalized spacial score (nSPS) is 17.1. The molecule has 2 heterocycles. The Morgan fingerprint density at radius 1 is 0.600 bits per heavy atom. The maximum atomic E-state index is 12.4. The van der Waals surface area contributed by atoms with Gasteiger partial charge in [0.05, 0.1) is 90.4 Å². The van der Waals surface area contributed by atoms with Gasteiger partial charge in [-0.05, 0) is 35.0 Å². The highest BCUT2D eigenvalue weighted by Crippen LogP contribution is 2.27. The summed E-state index contributed by atoms with van der Waals surface area (Å²) in [5.74, 6) is -0.861. The van der Waals surface area contributed by atoms with E-state index in [1.54, 1.807) is 36.4 Å². The average molecular weight is 561 g/mol. The molecular formula is C30H40O10. The van der Waals surface area contributed by atoms with Gasteiger partial charge in [-0.1, -0.05) is 26.0 Å². The lowest BCUT2D eigenvalue weighted by Crippen LogP contribution is -2.43. The molecule has 0 amide bonds. The summed E-state index contributed by atoms with van der Waals surface area (Å²) in [6.45, 7) is 11.2. The van der Waals surface area contributed by atoms with Crippen LogP contribution in [0.15, 0.2) is 36.4 Å². The van der Waals surface area contributed by atoms with Crippen LogP contribution in [0, 0.1) is 10.8 Å². The van der Waals surface area contributed by atoms with Gasteiger partial charge in [-0.25, -0.2) is 9.59 Å². The first-order valence-electron chi connectivity index (χ1n) is 13.7. The lowest BCUT2D eigenvalue weighted by molar-refractivity contribution is -0.141. The topological polar surface area (TPSA) is 108 Å². The van der Waals surface area contributed by atoms with Gasteiger partial charge >= 0.3 is 11.9 Å². The minimum absolute atomic E-state index is 0.121. The SMILES string of the molecule is CC1(COCCOCCOC(=O)c2ccc3cc(C(=O)OCCOCCOCC4(C)COC4)ccc3c2)COC1. The molecule has 2 aliphatic rings. The molecule has 0 atom stereocenters. The Morgan fingerprint density at radius 2 is 0.975 bits per heavy atom. The molecule has 10 heteroatoms. The van der Waals surface area contributed by atoms with Crippen LogP contribution < -0.4 is 0 Å². The molecule has 0 spiro atoms. The average Bonchev–Trinajstić information content (AvgIpc) is 2.93. The maximum absolute atomic E-state index is 12.4. The first kappa shape index (κ1) is 30.4. The molecule has 0 radical (unpaired) electrons. The molecule has 0 unspecified atom stereocenters. The Morgan fingerprint density at radius 3 is 1.35 bits per heavy atom. The second-order valence-corrected chi connectivity index (χ2v) is 11.0. The molecule has 2 aromatic rings. The molecule has 2 saturated heterocycles. The number of carbonyl (C=O) groups is 2. The van der Waals surface area contributed by atoms with E-state index >= 15 is 0 Å². The fourth-order valence-corrected chi connectivity index (χ4v) is 4.20. The zero-order chi connectivity index (χ0) is 28.3. The van der Waals surface area contributed by atoms with Gasteiger partial charge in [-0.2, -0.15) is 0 Å². The van der Waals surface area contributed by atoms with E-state index in [-0.39, 0.29) is 24.0 Å². The molecule has 0 bridgehead atoms. The molecular weight excluding hydrogens is 520 g/mol. The quantitative estimate of drug-likeness (QED) is 0.199. The second kappa shape index (κ2) is 14.9. The van der Waals surface area contributed by atoms with Gasteiger partial charge in [0.15, 0.2) is 0 Å². The molecule has 4 rings (SSSR count). The van der Waals surface area contributed by atoms with Gasteiger partial charge in [-0.3, -0.25) is 0 Å². The molecule has 2 aromatic carbocycles.